The van der Waals surface area contributed by atoms with Gasteiger partial charge in [-0.1, -0.05) is 18.2 Å². The number of nitrogens with zero attached hydrogens (tertiary/aromatic N) is 2. The Bertz CT molecular complexity index is 509. The van der Waals surface area contributed by atoms with Gasteiger partial charge in [0, 0.05) is 18.1 Å². The lowest BCUT2D eigenvalue weighted by Crippen LogP contribution is -2.27. The van der Waals surface area contributed by atoms with Gasteiger partial charge in [0.25, 0.3) is 0 Å². The number of nitrogens with two attached hydrogens (primary N) is 1. The molecule has 2 N–H and O–H groups in total. The number of carbonyl (C=O) groups is 1. The molecule has 0 aliphatic carbocycles. The number of rotatable bonds is 3. The molecule has 0 spiro atoms. The van der Waals surface area contributed by atoms with Crippen LogP contribution in [0.5, 0.6) is 0 Å². The average molecular weight is 247 g/mol. The largest absolute Gasteiger partial charge is 0.375 e. The van der Waals surface area contributed by atoms with Gasteiger partial charge in [-0.25, -0.2) is 4.98 Å². The summed E-state index contributed by atoms with van der Waals surface area (Å²) in [5.41, 5.74) is 7.12. The Kier molecular flexibility index (Phi) is 3.39. The van der Waals surface area contributed by atoms with Gasteiger partial charge in [0.1, 0.15) is 0 Å². The minimum Gasteiger partial charge on any atom is -0.375 e. The highest BCUT2D eigenvalue weighted by atomic mass is 32.1. The SMILES string of the molecule is CN(C(=O)Cc1csc(N)n1)c1ccccc1. The van der Waals surface area contributed by atoms with Crippen molar-refractivity contribution in [2.24, 2.45) is 0 Å². The predicted molar refractivity (Wildman–Crippen MR) is 70.1 cm³/mol. The number of nitrogen functional groups attached to an aromatic ring is 1. The van der Waals surface area contributed by atoms with Crippen LogP contribution in [-0.2, 0) is 11.2 Å². The minimum absolute atomic E-state index is 0.00139. The van der Waals surface area contributed by atoms with Crippen LogP contribution in [0, 0.1) is 0 Å². The zero-order chi connectivity index (χ0) is 12.3. The molecule has 2 rings (SSSR count). The summed E-state index contributed by atoms with van der Waals surface area (Å²) in [7, 11) is 1.76. The summed E-state index contributed by atoms with van der Waals surface area (Å²) < 4.78 is 0. The van der Waals surface area contributed by atoms with Gasteiger partial charge in [-0.05, 0) is 12.1 Å². The number of para-hydroxylation sites is 1. The van der Waals surface area contributed by atoms with E-state index in [-0.39, 0.29) is 12.3 Å². The highest BCUT2D eigenvalue weighted by Gasteiger charge is 2.12. The van der Waals surface area contributed by atoms with Crippen molar-refractivity contribution in [3.63, 3.8) is 0 Å². The first-order chi connectivity index (χ1) is 8.16. The number of likely N-dealkylation sites (N-methyl/N-ethyl adjacent to an activating group) is 1. The fourth-order valence-electron chi connectivity index (χ4n) is 1.47. The van der Waals surface area contributed by atoms with Gasteiger partial charge >= 0.3 is 0 Å². The molecule has 0 bridgehead atoms. The highest BCUT2D eigenvalue weighted by molar-refractivity contribution is 7.13. The van der Waals surface area contributed by atoms with Gasteiger partial charge in [-0.2, -0.15) is 0 Å². The number of thiazole rings is 1. The van der Waals surface area contributed by atoms with E-state index in [9.17, 15) is 4.79 Å². The summed E-state index contributed by atoms with van der Waals surface area (Å²) >= 11 is 1.35. The molecule has 0 atom stereocenters. The van der Waals surface area contributed by atoms with E-state index in [4.69, 9.17) is 5.73 Å². The van der Waals surface area contributed by atoms with Crippen molar-refractivity contribution in [3.8, 4) is 0 Å². The Morgan fingerprint density at radius 2 is 2.12 bits per heavy atom. The molecular weight excluding hydrogens is 234 g/mol. The number of carbonyl (C=O) groups excluding carboxylic acids is 1. The van der Waals surface area contributed by atoms with Gasteiger partial charge < -0.3 is 10.6 Å². The van der Waals surface area contributed by atoms with Crippen molar-refractivity contribution in [3.05, 3.63) is 41.4 Å². The Morgan fingerprint density at radius 1 is 1.41 bits per heavy atom. The van der Waals surface area contributed by atoms with Gasteiger partial charge in [0.2, 0.25) is 5.91 Å². The summed E-state index contributed by atoms with van der Waals surface area (Å²) in [4.78, 5) is 17.7. The third kappa shape index (κ3) is 2.82. The van der Waals surface area contributed by atoms with E-state index in [2.05, 4.69) is 4.98 Å². The van der Waals surface area contributed by atoms with Crippen LogP contribution >= 0.6 is 11.3 Å². The van der Waals surface area contributed by atoms with Crippen molar-refractivity contribution in [2.75, 3.05) is 17.7 Å². The van der Waals surface area contributed by atoms with Crippen LogP contribution in [-0.4, -0.2) is 17.9 Å². The third-order valence-electron chi connectivity index (χ3n) is 2.42. The molecule has 1 heterocycles. The molecule has 5 heteroatoms. The minimum atomic E-state index is 0.00139. The maximum Gasteiger partial charge on any atom is 0.232 e. The summed E-state index contributed by atoms with van der Waals surface area (Å²) in [5.74, 6) is 0.00139. The van der Waals surface area contributed by atoms with Crippen LogP contribution in [0.25, 0.3) is 0 Å². The maximum absolute atomic E-state index is 12.0. The Morgan fingerprint density at radius 3 is 2.71 bits per heavy atom. The van der Waals surface area contributed by atoms with Crippen molar-refractivity contribution in [1.29, 1.82) is 0 Å². The van der Waals surface area contributed by atoms with E-state index in [0.717, 1.165) is 11.4 Å². The van der Waals surface area contributed by atoms with E-state index < -0.39 is 0 Å². The van der Waals surface area contributed by atoms with Crippen molar-refractivity contribution in [2.45, 2.75) is 6.42 Å². The van der Waals surface area contributed by atoms with Crippen LogP contribution in [0.1, 0.15) is 5.69 Å². The van der Waals surface area contributed by atoms with Crippen LogP contribution in [0.15, 0.2) is 35.7 Å². The highest BCUT2D eigenvalue weighted by Crippen LogP contribution is 2.15. The van der Waals surface area contributed by atoms with Crippen LogP contribution in [0.2, 0.25) is 0 Å². The molecule has 1 aromatic heterocycles. The van der Waals surface area contributed by atoms with Crippen molar-refractivity contribution >= 4 is 28.1 Å². The number of aromatic nitrogens is 1. The number of amides is 1. The first kappa shape index (κ1) is 11.6. The van der Waals surface area contributed by atoms with E-state index in [1.807, 2.05) is 35.7 Å². The zero-order valence-corrected chi connectivity index (χ0v) is 10.3. The van der Waals surface area contributed by atoms with E-state index in [0.29, 0.717) is 5.13 Å². The number of hydrogen-bond donors (Lipinski definition) is 1. The molecular formula is C12H13N3OS. The number of hydrogen-bond acceptors (Lipinski definition) is 4. The summed E-state index contributed by atoms with van der Waals surface area (Å²) in [6.07, 6.45) is 0.277. The second kappa shape index (κ2) is 4.97. The quantitative estimate of drug-likeness (QED) is 0.901. The normalized spacial score (nSPS) is 10.2. The van der Waals surface area contributed by atoms with Crippen LogP contribution in [0.4, 0.5) is 10.8 Å². The lowest BCUT2D eigenvalue weighted by Gasteiger charge is -2.16. The lowest BCUT2D eigenvalue weighted by molar-refractivity contribution is -0.117. The van der Waals surface area contributed by atoms with E-state index >= 15 is 0 Å². The van der Waals surface area contributed by atoms with Crippen molar-refractivity contribution in [1.82, 2.24) is 4.98 Å². The smallest absolute Gasteiger partial charge is 0.232 e. The second-order valence-electron chi connectivity index (χ2n) is 3.64. The van der Waals surface area contributed by atoms with Gasteiger partial charge in [0.05, 0.1) is 12.1 Å². The second-order valence-corrected chi connectivity index (χ2v) is 4.53. The molecule has 1 amide bonds. The molecule has 0 fully saturated rings. The average Bonchev–Trinajstić information content (AvgIpc) is 2.75. The fourth-order valence-corrected chi connectivity index (χ4v) is 2.04. The van der Waals surface area contributed by atoms with E-state index in [1.54, 1.807) is 11.9 Å². The van der Waals surface area contributed by atoms with Gasteiger partial charge in [-0.3, -0.25) is 4.79 Å². The van der Waals surface area contributed by atoms with Crippen LogP contribution < -0.4 is 10.6 Å². The lowest BCUT2D eigenvalue weighted by atomic mass is 10.2. The summed E-state index contributed by atoms with van der Waals surface area (Å²) in [5, 5.41) is 2.31. The Balaban J connectivity index is 2.06. The number of benzene rings is 1. The van der Waals surface area contributed by atoms with Crippen molar-refractivity contribution < 1.29 is 4.79 Å². The third-order valence-corrected chi connectivity index (χ3v) is 3.14. The molecule has 88 valence electrons. The molecule has 0 saturated carbocycles. The molecule has 17 heavy (non-hydrogen) atoms. The molecule has 2 aromatic rings. The Hall–Kier alpha value is -1.88. The number of anilines is 2. The zero-order valence-electron chi connectivity index (χ0n) is 9.46. The Labute approximate surface area is 104 Å². The van der Waals surface area contributed by atoms with E-state index in [1.165, 1.54) is 11.3 Å². The first-order valence-electron chi connectivity index (χ1n) is 5.18. The first-order valence-corrected chi connectivity index (χ1v) is 6.06. The molecule has 0 unspecified atom stereocenters. The molecule has 4 nitrogen and oxygen atoms in total. The van der Waals surface area contributed by atoms with Gasteiger partial charge in [0.15, 0.2) is 5.13 Å². The monoisotopic (exact) mass is 247 g/mol. The summed E-state index contributed by atoms with van der Waals surface area (Å²) in [6, 6.07) is 9.52. The molecule has 0 radical (unpaired) electrons. The standard InChI is InChI=1S/C12H13N3OS/c1-15(10-5-3-2-4-6-10)11(16)7-9-8-17-12(13)14-9/h2-6,8H,7H2,1H3,(H2,13,14). The molecule has 0 aliphatic heterocycles. The predicted octanol–water partition coefficient (Wildman–Crippen LogP) is 1.93. The maximum atomic E-state index is 12.0. The molecule has 1 aromatic carbocycles. The van der Waals surface area contributed by atoms with Crippen LogP contribution in [0.3, 0.4) is 0 Å². The molecule has 0 saturated heterocycles. The fraction of sp³-hybridized carbons (Fsp3) is 0.167. The van der Waals surface area contributed by atoms with Gasteiger partial charge in [-0.15, -0.1) is 11.3 Å². The molecule has 0 aliphatic rings. The summed E-state index contributed by atoms with van der Waals surface area (Å²) in [6.45, 7) is 0. The topological polar surface area (TPSA) is 59.2 Å².